The second kappa shape index (κ2) is 6.17. The van der Waals surface area contributed by atoms with Crippen LogP contribution in [0, 0.1) is 5.82 Å². The van der Waals surface area contributed by atoms with Gasteiger partial charge in [0.15, 0.2) is 0 Å². The summed E-state index contributed by atoms with van der Waals surface area (Å²) in [5.41, 5.74) is 1.58. The molecule has 0 saturated carbocycles. The topological polar surface area (TPSA) is 21.6 Å². The Hall–Kier alpha value is -1.87. The minimum Gasteiger partial charge on any atom is -0.390 e. The molecule has 0 heterocycles. The summed E-state index contributed by atoms with van der Waals surface area (Å²) in [4.78, 5) is 5.07. The molecule has 0 atom stereocenters. The molecule has 0 amide bonds. The average Bonchev–Trinajstić information content (AvgIpc) is 2.37. The molecule has 0 aliphatic carbocycles. The number of hydrogen-bond donors (Lipinski definition) is 0. The summed E-state index contributed by atoms with van der Waals surface area (Å²) in [6.45, 7) is 0.314. The van der Waals surface area contributed by atoms with Crippen molar-refractivity contribution in [2.24, 2.45) is 5.16 Å². The second-order valence-corrected chi connectivity index (χ2v) is 4.05. The monoisotopic (exact) mass is 262 g/mol. The molecule has 91 valence electrons. The number of rotatable bonds is 4. The van der Waals surface area contributed by atoms with E-state index in [1.165, 1.54) is 12.1 Å². The highest BCUT2D eigenvalue weighted by atomic mass is 35.5. The van der Waals surface area contributed by atoms with Crippen molar-refractivity contribution in [3.05, 3.63) is 70.5 Å². The van der Waals surface area contributed by atoms with Crippen molar-refractivity contribution in [3.63, 3.8) is 0 Å². The fraction of sp³-hybridized carbons (Fsp3) is 0.0714. The van der Waals surface area contributed by atoms with Crippen LogP contribution in [0.2, 0.25) is 5.02 Å². The van der Waals surface area contributed by atoms with Crippen LogP contribution in [-0.2, 0) is 11.4 Å². The molecule has 2 rings (SSSR count). The van der Waals surface area contributed by atoms with Crippen LogP contribution >= 0.6 is 11.6 Å². The van der Waals surface area contributed by atoms with Gasteiger partial charge in [0.1, 0.15) is 18.6 Å². The van der Waals surface area contributed by atoms with Crippen LogP contribution in [0.25, 0.3) is 0 Å². The molecular weight excluding hydrogens is 253 g/mol. The van der Waals surface area contributed by atoms with E-state index in [4.69, 9.17) is 16.4 Å². The molecule has 0 aliphatic rings. The zero-order valence-corrected chi connectivity index (χ0v) is 10.2. The summed E-state index contributed by atoms with van der Waals surface area (Å²) in [5, 5.41) is 4.34. The lowest BCUT2D eigenvalue weighted by Crippen LogP contribution is -1.88. The van der Waals surface area contributed by atoms with Crippen molar-refractivity contribution in [1.82, 2.24) is 0 Å². The average molecular weight is 263 g/mol. The lowest BCUT2D eigenvalue weighted by molar-refractivity contribution is 0.132. The van der Waals surface area contributed by atoms with Crippen molar-refractivity contribution in [2.75, 3.05) is 0 Å². The maximum atomic E-state index is 12.6. The number of nitrogens with zero attached hydrogens (tertiary/aromatic N) is 1. The first-order chi connectivity index (χ1) is 8.74. The molecule has 0 aliphatic heterocycles. The molecule has 2 aromatic carbocycles. The highest BCUT2D eigenvalue weighted by Gasteiger charge is 1.94. The van der Waals surface area contributed by atoms with Crippen molar-refractivity contribution >= 4 is 17.8 Å². The summed E-state index contributed by atoms with van der Waals surface area (Å²) in [6.07, 6.45) is 2.66. The van der Waals surface area contributed by atoms with Crippen LogP contribution < -0.4 is 0 Å². The Balaban J connectivity index is 1.87. The van der Waals surface area contributed by atoms with Gasteiger partial charge >= 0.3 is 0 Å². The highest BCUT2D eigenvalue weighted by molar-refractivity contribution is 6.30. The van der Waals surface area contributed by atoms with Crippen LogP contribution in [0.15, 0.2) is 53.7 Å². The normalized spacial score (nSPS) is 10.8. The number of benzene rings is 2. The fourth-order valence-corrected chi connectivity index (χ4v) is 1.56. The van der Waals surface area contributed by atoms with Crippen LogP contribution in [0.4, 0.5) is 4.39 Å². The minimum absolute atomic E-state index is 0.291. The summed E-state index contributed by atoms with van der Waals surface area (Å²) in [7, 11) is 0. The summed E-state index contributed by atoms with van der Waals surface area (Å²) < 4.78 is 12.6. The zero-order chi connectivity index (χ0) is 12.8. The summed E-state index contributed by atoms with van der Waals surface area (Å²) in [6, 6.07) is 13.1. The Bertz CT molecular complexity index is 540. The standard InChI is InChI=1S/C14H10ClFNO/c15-13-3-1-2-12(8-13)10-18-17-9-11-4-6-14(16)7-5-11/h1-8H,10H2. The van der Waals surface area contributed by atoms with E-state index in [2.05, 4.69) is 11.4 Å². The number of halogens is 2. The van der Waals surface area contributed by atoms with Gasteiger partial charge in [-0.1, -0.05) is 28.9 Å². The third kappa shape index (κ3) is 3.86. The van der Waals surface area contributed by atoms with E-state index < -0.39 is 0 Å². The van der Waals surface area contributed by atoms with Crippen molar-refractivity contribution in [3.8, 4) is 0 Å². The van der Waals surface area contributed by atoms with Gasteiger partial charge in [-0.3, -0.25) is 0 Å². The molecule has 0 fully saturated rings. The molecule has 18 heavy (non-hydrogen) atoms. The lowest BCUT2D eigenvalue weighted by atomic mass is 10.2. The van der Waals surface area contributed by atoms with E-state index in [-0.39, 0.29) is 5.82 Å². The van der Waals surface area contributed by atoms with Crippen LogP contribution in [-0.4, -0.2) is 6.21 Å². The molecule has 2 aromatic rings. The zero-order valence-electron chi connectivity index (χ0n) is 9.44. The van der Waals surface area contributed by atoms with Gasteiger partial charge in [-0.25, -0.2) is 4.39 Å². The largest absolute Gasteiger partial charge is 0.390 e. The fourth-order valence-electron chi connectivity index (χ4n) is 1.34. The van der Waals surface area contributed by atoms with E-state index in [9.17, 15) is 4.39 Å². The Morgan fingerprint density at radius 3 is 2.67 bits per heavy atom. The maximum absolute atomic E-state index is 12.6. The van der Waals surface area contributed by atoms with Gasteiger partial charge in [0.05, 0.1) is 0 Å². The maximum Gasteiger partial charge on any atom is 0.142 e. The predicted molar refractivity (Wildman–Crippen MR) is 69.2 cm³/mol. The molecular formula is C14H10ClFNO. The Labute approximate surface area is 110 Å². The van der Waals surface area contributed by atoms with Crippen LogP contribution in [0.1, 0.15) is 11.1 Å². The van der Waals surface area contributed by atoms with E-state index >= 15 is 0 Å². The molecule has 0 spiro atoms. The quantitative estimate of drug-likeness (QED) is 0.605. The van der Waals surface area contributed by atoms with Crippen LogP contribution in [0.3, 0.4) is 0 Å². The van der Waals surface area contributed by atoms with Gasteiger partial charge in [-0.15, -0.1) is 0 Å². The molecule has 2 nitrogen and oxygen atoms in total. The van der Waals surface area contributed by atoms with E-state index in [0.717, 1.165) is 5.56 Å². The van der Waals surface area contributed by atoms with E-state index in [0.29, 0.717) is 17.2 Å². The predicted octanol–water partition coefficient (Wildman–Crippen LogP) is 3.91. The van der Waals surface area contributed by atoms with Crippen molar-refractivity contribution < 1.29 is 9.23 Å². The highest BCUT2D eigenvalue weighted by Crippen LogP contribution is 2.11. The molecule has 0 bridgehead atoms. The SMILES string of the molecule is Fc1ccc(/[C]=N\OCc2cccc(Cl)c2)cc1. The molecule has 0 N–H and O–H groups in total. The first kappa shape index (κ1) is 12.6. The lowest BCUT2D eigenvalue weighted by Gasteiger charge is -1.99. The van der Waals surface area contributed by atoms with Gasteiger partial charge in [0, 0.05) is 10.6 Å². The third-order valence-electron chi connectivity index (χ3n) is 2.20. The second-order valence-electron chi connectivity index (χ2n) is 3.61. The number of hydrogen-bond acceptors (Lipinski definition) is 2. The first-order valence-corrected chi connectivity index (χ1v) is 5.70. The molecule has 4 heteroatoms. The smallest absolute Gasteiger partial charge is 0.142 e. The Morgan fingerprint density at radius 1 is 1.17 bits per heavy atom. The van der Waals surface area contributed by atoms with Crippen molar-refractivity contribution in [1.29, 1.82) is 0 Å². The summed E-state index contributed by atoms with van der Waals surface area (Å²) in [5.74, 6) is -0.291. The molecule has 1 radical (unpaired) electrons. The van der Waals surface area contributed by atoms with Gasteiger partial charge in [0.2, 0.25) is 0 Å². The van der Waals surface area contributed by atoms with Crippen LogP contribution in [0.5, 0.6) is 0 Å². The van der Waals surface area contributed by atoms with Crippen molar-refractivity contribution in [2.45, 2.75) is 6.61 Å². The molecule has 0 unspecified atom stereocenters. The first-order valence-electron chi connectivity index (χ1n) is 5.32. The molecule has 0 saturated heterocycles. The van der Waals surface area contributed by atoms with E-state index in [1.807, 2.05) is 12.1 Å². The van der Waals surface area contributed by atoms with Gasteiger partial charge < -0.3 is 4.84 Å². The minimum atomic E-state index is -0.291. The summed E-state index contributed by atoms with van der Waals surface area (Å²) >= 11 is 5.83. The van der Waals surface area contributed by atoms with Gasteiger partial charge in [-0.2, -0.15) is 0 Å². The Morgan fingerprint density at radius 2 is 1.94 bits per heavy atom. The Kier molecular flexibility index (Phi) is 4.31. The van der Waals surface area contributed by atoms with Gasteiger partial charge in [-0.05, 0) is 42.0 Å². The third-order valence-corrected chi connectivity index (χ3v) is 2.44. The van der Waals surface area contributed by atoms with Gasteiger partial charge in [0.25, 0.3) is 0 Å². The van der Waals surface area contributed by atoms with E-state index in [1.54, 1.807) is 24.3 Å². The molecule has 0 aromatic heterocycles.